The van der Waals surface area contributed by atoms with E-state index in [1.54, 1.807) is 18.2 Å². The second-order valence-corrected chi connectivity index (χ2v) is 7.66. The molecule has 0 aliphatic carbocycles. The van der Waals surface area contributed by atoms with Gasteiger partial charge in [0.05, 0.1) is 0 Å². The van der Waals surface area contributed by atoms with Crippen molar-refractivity contribution in [2.75, 3.05) is 12.4 Å². The van der Waals surface area contributed by atoms with E-state index in [4.69, 9.17) is 4.74 Å². The van der Waals surface area contributed by atoms with Crippen molar-refractivity contribution < 1.29 is 34.1 Å². The first-order valence-electron chi connectivity index (χ1n) is 8.92. The number of hydrogen-bond donors (Lipinski definition) is 3. The molecule has 2 aliphatic heterocycles. The van der Waals surface area contributed by atoms with E-state index in [9.17, 15) is 34.3 Å². The summed E-state index contributed by atoms with van der Waals surface area (Å²) in [5.41, 5.74) is -0.675. The number of benzene rings is 1. The molecular formula is C19H17N3O8S. The molecule has 0 unspecified atom stereocenters. The molecular weight excluding hydrogens is 430 g/mol. The lowest BCUT2D eigenvalue weighted by Gasteiger charge is -2.49. The highest BCUT2D eigenvalue weighted by atomic mass is 32.2. The van der Waals surface area contributed by atoms with E-state index in [1.165, 1.54) is 19.1 Å². The minimum absolute atomic E-state index is 0.152. The third-order valence-electron chi connectivity index (χ3n) is 4.56. The first-order chi connectivity index (χ1) is 14.8. The molecule has 1 saturated heterocycles. The summed E-state index contributed by atoms with van der Waals surface area (Å²) in [6, 6.07) is 6.67. The maximum absolute atomic E-state index is 12.6. The summed E-state index contributed by atoms with van der Waals surface area (Å²) in [6.07, 6.45) is 0. The molecule has 0 radical (unpaired) electrons. The van der Waals surface area contributed by atoms with Gasteiger partial charge in [-0.05, 0) is 5.18 Å². The number of carboxylic acids is 1. The summed E-state index contributed by atoms with van der Waals surface area (Å²) in [7, 11) is 0. The van der Waals surface area contributed by atoms with Crippen LogP contribution < -0.4 is 5.32 Å². The third kappa shape index (κ3) is 4.28. The Morgan fingerprint density at radius 2 is 1.94 bits per heavy atom. The van der Waals surface area contributed by atoms with Gasteiger partial charge in [0.2, 0.25) is 5.70 Å². The van der Waals surface area contributed by atoms with Gasteiger partial charge in [-0.1, -0.05) is 30.3 Å². The van der Waals surface area contributed by atoms with Gasteiger partial charge in [0.15, 0.2) is 5.76 Å². The van der Waals surface area contributed by atoms with Crippen LogP contribution in [0.3, 0.4) is 0 Å². The number of aliphatic hydroxyl groups is 1. The first kappa shape index (κ1) is 22.0. The molecule has 12 heteroatoms. The molecule has 2 atom stereocenters. The van der Waals surface area contributed by atoms with Crippen LogP contribution in [-0.4, -0.2) is 62.6 Å². The molecule has 1 aromatic carbocycles. The van der Waals surface area contributed by atoms with Crippen LogP contribution in [0.1, 0.15) is 12.5 Å². The quantitative estimate of drug-likeness (QED) is 0.182. The lowest BCUT2D eigenvalue weighted by atomic mass is 10.0. The van der Waals surface area contributed by atoms with Gasteiger partial charge >= 0.3 is 11.9 Å². The van der Waals surface area contributed by atoms with Crippen LogP contribution in [0.2, 0.25) is 0 Å². The molecule has 0 saturated carbocycles. The number of hydrogen-bond acceptors (Lipinski definition) is 9. The zero-order valence-corrected chi connectivity index (χ0v) is 16.9. The number of nitroso groups, excluding NO2 is 1. The number of carbonyl (C=O) groups is 4. The van der Waals surface area contributed by atoms with Crippen LogP contribution in [0.15, 0.2) is 52.5 Å². The molecule has 3 N–H and O–H groups in total. The number of aliphatic hydroxyl groups excluding tert-OH is 1. The van der Waals surface area contributed by atoms with Crippen molar-refractivity contribution in [1.29, 1.82) is 0 Å². The number of nitrogens with one attached hydrogen (secondary N) is 1. The number of carbonyl (C=O) groups excluding carboxylic acids is 3. The summed E-state index contributed by atoms with van der Waals surface area (Å²) in [5, 5.41) is 23.9. The fourth-order valence-electron chi connectivity index (χ4n) is 3.12. The molecule has 2 amide bonds. The minimum atomic E-state index is -1.37. The number of fused-ring (bicyclic) bond motifs is 1. The van der Waals surface area contributed by atoms with E-state index in [0.29, 0.717) is 0 Å². The molecule has 31 heavy (non-hydrogen) atoms. The largest absolute Gasteiger partial charge is 0.505 e. The first-order valence-corrected chi connectivity index (χ1v) is 9.97. The van der Waals surface area contributed by atoms with Crippen LogP contribution in [-0.2, 0) is 23.9 Å². The number of rotatable bonds is 7. The Morgan fingerprint density at radius 1 is 1.26 bits per heavy atom. The Kier molecular flexibility index (Phi) is 6.39. The molecule has 2 aliphatic rings. The number of β-lactam (4-membered cyclic amide) rings is 1. The van der Waals surface area contributed by atoms with Crippen LogP contribution >= 0.6 is 11.8 Å². The summed E-state index contributed by atoms with van der Waals surface area (Å²) >= 11 is 1.16. The number of nitrogens with zero attached hydrogens (tertiary/aromatic N) is 2. The van der Waals surface area contributed by atoms with E-state index in [-0.39, 0.29) is 29.2 Å². The summed E-state index contributed by atoms with van der Waals surface area (Å²) in [5.74, 6) is -4.25. The molecule has 0 bridgehead atoms. The highest BCUT2D eigenvalue weighted by molar-refractivity contribution is 8.00. The van der Waals surface area contributed by atoms with Gasteiger partial charge in [-0.2, -0.15) is 0 Å². The van der Waals surface area contributed by atoms with Crippen molar-refractivity contribution in [3.05, 3.63) is 57.8 Å². The molecule has 162 valence electrons. The Bertz CT molecular complexity index is 1020. The fourth-order valence-corrected chi connectivity index (χ4v) is 4.44. The molecule has 2 heterocycles. The smallest absolute Gasteiger partial charge is 0.352 e. The molecule has 3 rings (SSSR count). The van der Waals surface area contributed by atoms with E-state index < -0.39 is 46.6 Å². The fraction of sp³-hybridized carbons (Fsp3) is 0.263. The number of thioether (sulfide) groups is 1. The lowest BCUT2D eigenvalue weighted by molar-refractivity contribution is -0.150. The summed E-state index contributed by atoms with van der Waals surface area (Å²) in [6.45, 7) is 0.904. The van der Waals surface area contributed by atoms with E-state index >= 15 is 0 Å². The highest BCUT2D eigenvalue weighted by Crippen LogP contribution is 2.40. The van der Waals surface area contributed by atoms with Gasteiger partial charge in [-0.25, -0.2) is 4.79 Å². The zero-order valence-electron chi connectivity index (χ0n) is 16.1. The van der Waals surface area contributed by atoms with Crippen LogP contribution in [0, 0.1) is 4.91 Å². The van der Waals surface area contributed by atoms with Crippen molar-refractivity contribution in [3.63, 3.8) is 0 Å². The van der Waals surface area contributed by atoms with E-state index in [2.05, 4.69) is 10.5 Å². The van der Waals surface area contributed by atoms with Crippen LogP contribution in [0.4, 0.5) is 0 Å². The highest BCUT2D eigenvalue weighted by Gasteiger charge is 2.54. The number of ether oxygens (including phenoxy) is 1. The summed E-state index contributed by atoms with van der Waals surface area (Å²) < 4.78 is 4.85. The van der Waals surface area contributed by atoms with Gasteiger partial charge in [0.25, 0.3) is 11.8 Å². The van der Waals surface area contributed by atoms with Crippen molar-refractivity contribution in [1.82, 2.24) is 10.2 Å². The van der Waals surface area contributed by atoms with Gasteiger partial charge in [0.1, 0.15) is 23.7 Å². The average Bonchev–Trinajstić information content (AvgIpc) is 2.76. The molecule has 1 fully saturated rings. The molecule has 0 spiro atoms. The van der Waals surface area contributed by atoms with Crippen molar-refractivity contribution in [2.24, 2.45) is 5.18 Å². The number of aliphatic carboxylic acids is 1. The number of amides is 2. The topological polar surface area (TPSA) is 163 Å². The second kappa shape index (κ2) is 9.00. The predicted molar refractivity (Wildman–Crippen MR) is 108 cm³/mol. The second-order valence-electron chi connectivity index (χ2n) is 6.55. The number of carboxylic acid groups (broad SMARTS) is 1. The minimum Gasteiger partial charge on any atom is -0.505 e. The van der Waals surface area contributed by atoms with Crippen molar-refractivity contribution in [3.8, 4) is 0 Å². The molecule has 1 aromatic rings. The normalized spacial score (nSPS) is 20.8. The zero-order chi connectivity index (χ0) is 22.7. The standard InChI is InChI=1S/C19H17N3O8S/c1-9(23)30-7-11-8-31-18-13(17(26)22(18)14(11)19(27)28)20-16(25)12(21-29)15(24)10-5-3-2-4-6-10/h2-6,13,18,24H,7-8H2,1H3,(H,20,25)(H,27,28)/t13-,18+/m1/s1. The van der Waals surface area contributed by atoms with Gasteiger partial charge in [0, 0.05) is 23.8 Å². The molecule has 0 aromatic heterocycles. The van der Waals surface area contributed by atoms with E-state index in [0.717, 1.165) is 16.7 Å². The SMILES string of the molecule is CC(=O)OCC1=C(C(=O)O)N2C(=O)[C@@H](NC(=O)C(N=O)=C(O)c3ccccc3)[C@@H]2SC1. The summed E-state index contributed by atoms with van der Waals surface area (Å²) in [4.78, 5) is 59.9. The maximum Gasteiger partial charge on any atom is 0.352 e. The van der Waals surface area contributed by atoms with E-state index in [1.807, 2.05) is 0 Å². The molecule has 11 nitrogen and oxygen atoms in total. The maximum atomic E-state index is 12.6. The van der Waals surface area contributed by atoms with Crippen molar-refractivity contribution in [2.45, 2.75) is 18.3 Å². The van der Waals surface area contributed by atoms with Crippen molar-refractivity contribution >= 4 is 41.3 Å². The lowest BCUT2D eigenvalue weighted by Crippen LogP contribution is -2.70. The van der Waals surface area contributed by atoms with Gasteiger partial charge < -0.3 is 20.3 Å². The van der Waals surface area contributed by atoms with Gasteiger partial charge in [-0.15, -0.1) is 16.7 Å². The third-order valence-corrected chi connectivity index (χ3v) is 5.90. The Morgan fingerprint density at radius 3 is 2.52 bits per heavy atom. The predicted octanol–water partition coefficient (Wildman–Crippen LogP) is 0.981. The number of esters is 1. The Balaban J connectivity index is 1.79. The monoisotopic (exact) mass is 447 g/mol. The Hall–Kier alpha value is -3.67. The Labute approximate surface area is 179 Å². The van der Waals surface area contributed by atoms with Gasteiger partial charge in [-0.3, -0.25) is 19.3 Å². The average molecular weight is 447 g/mol. The van der Waals surface area contributed by atoms with Crippen LogP contribution in [0.25, 0.3) is 5.76 Å². The van der Waals surface area contributed by atoms with Crippen LogP contribution in [0.5, 0.6) is 0 Å².